The van der Waals surface area contributed by atoms with Crippen LogP contribution >= 0.6 is 7.14 Å². The van der Waals surface area contributed by atoms with Crippen LogP contribution in [0.1, 0.15) is 19.4 Å². The van der Waals surface area contributed by atoms with Crippen molar-refractivity contribution in [3.8, 4) is 5.69 Å². The van der Waals surface area contributed by atoms with Gasteiger partial charge in [0.1, 0.15) is 13.5 Å². The molecule has 2 aromatic carbocycles. The number of nitrogens with zero attached hydrogens (tertiary/aromatic N) is 5. The van der Waals surface area contributed by atoms with Gasteiger partial charge in [0.2, 0.25) is 11.6 Å². The van der Waals surface area contributed by atoms with Crippen LogP contribution in [0, 0.1) is 6.92 Å². The summed E-state index contributed by atoms with van der Waals surface area (Å²) in [6, 6.07) is 12.3. The maximum Gasteiger partial charge on any atom is 0.249 e. The van der Waals surface area contributed by atoms with Crippen LogP contribution in [-0.2, 0) is 14.4 Å². The number of imidazole rings is 1. The van der Waals surface area contributed by atoms with Gasteiger partial charge in [-0.1, -0.05) is 12.1 Å². The zero-order valence-electron chi connectivity index (χ0n) is 19.0. The molecule has 0 aliphatic rings. The first-order chi connectivity index (χ1) is 15.5. The predicted octanol–water partition coefficient (Wildman–Crippen LogP) is 3.69. The molecule has 33 heavy (non-hydrogen) atoms. The number of aryl methyl sites for hydroxylation is 1. The molecule has 0 radical (unpaired) electrons. The van der Waals surface area contributed by atoms with Gasteiger partial charge in [0.25, 0.3) is 0 Å². The number of hydrogen-bond donors (Lipinski definition) is 1. The van der Waals surface area contributed by atoms with E-state index in [4.69, 9.17) is 0 Å². The van der Waals surface area contributed by atoms with Gasteiger partial charge in [-0.05, 0) is 70.0 Å². The predicted molar refractivity (Wildman–Crippen MR) is 130 cm³/mol. The lowest BCUT2D eigenvalue weighted by atomic mass is 10.2. The van der Waals surface area contributed by atoms with E-state index in [0.717, 1.165) is 16.6 Å². The van der Waals surface area contributed by atoms with Gasteiger partial charge in [0.15, 0.2) is 15.5 Å². The molecule has 0 aliphatic carbocycles. The molecule has 0 spiro atoms. The summed E-state index contributed by atoms with van der Waals surface area (Å²) >= 11 is 0. The maximum absolute atomic E-state index is 12.9. The van der Waals surface area contributed by atoms with Gasteiger partial charge in [-0.15, -0.1) is 10.2 Å². The van der Waals surface area contributed by atoms with Crippen LogP contribution in [-0.4, -0.2) is 51.7 Å². The third-order valence-electron chi connectivity index (χ3n) is 5.31. The molecule has 4 aromatic rings. The van der Waals surface area contributed by atoms with Crippen LogP contribution in [0.4, 0.5) is 11.6 Å². The number of aromatic nitrogens is 5. The molecule has 9 nitrogen and oxygen atoms in total. The van der Waals surface area contributed by atoms with Crippen LogP contribution in [0.25, 0.3) is 17.0 Å². The Labute approximate surface area is 192 Å². The van der Waals surface area contributed by atoms with Crippen molar-refractivity contribution in [2.24, 2.45) is 0 Å². The zero-order valence-corrected chi connectivity index (χ0v) is 20.7. The summed E-state index contributed by atoms with van der Waals surface area (Å²) in [4.78, 5) is 8.99. The Balaban J connectivity index is 1.77. The van der Waals surface area contributed by atoms with E-state index in [1.165, 1.54) is 6.33 Å². The summed E-state index contributed by atoms with van der Waals surface area (Å²) in [5.74, 6) is 0.237. The number of nitrogens with one attached hydrogen (secondary N) is 1. The van der Waals surface area contributed by atoms with Gasteiger partial charge in [-0.2, -0.15) is 4.98 Å². The first-order valence-corrected chi connectivity index (χ1v) is 14.5. The molecule has 1 N–H and O–H groups in total. The topological polar surface area (TPSA) is 120 Å². The van der Waals surface area contributed by atoms with Crippen molar-refractivity contribution >= 4 is 45.2 Å². The van der Waals surface area contributed by atoms with Crippen LogP contribution in [0.3, 0.4) is 0 Å². The van der Waals surface area contributed by atoms with Gasteiger partial charge in [-0.25, -0.2) is 13.4 Å². The highest BCUT2D eigenvalue weighted by molar-refractivity contribution is 7.92. The molecule has 2 heterocycles. The largest absolute Gasteiger partial charge is 0.323 e. The highest BCUT2D eigenvalue weighted by Gasteiger charge is 2.24. The van der Waals surface area contributed by atoms with Crippen molar-refractivity contribution in [1.82, 2.24) is 24.7 Å². The second kappa shape index (κ2) is 8.35. The lowest BCUT2D eigenvalue weighted by Gasteiger charge is -2.14. The molecule has 172 valence electrons. The summed E-state index contributed by atoms with van der Waals surface area (Å²) in [7, 11) is -5.90. The third-order valence-corrected chi connectivity index (χ3v) is 9.03. The maximum atomic E-state index is 12.9. The van der Waals surface area contributed by atoms with Crippen molar-refractivity contribution < 1.29 is 13.0 Å². The summed E-state index contributed by atoms with van der Waals surface area (Å²) in [6.45, 7) is 8.66. The highest BCUT2D eigenvalue weighted by Crippen LogP contribution is 2.35. The molecular formula is C22H25N6O3PS. The first kappa shape index (κ1) is 23.1. The number of anilines is 2. The van der Waals surface area contributed by atoms with Crippen LogP contribution in [0.5, 0.6) is 0 Å². The number of benzene rings is 2. The van der Waals surface area contributed by atoms with E-state index in [-0.39, 0.29) is 10.8 Å². The number of para-hydroxylation sites is 1. The molecule has 11 heteroatoms. The van der Waals surface area contributed by atoms with Gasteiger partial charge >= 0.3 is 0 Å². The Bertz CT molecular complexity index is 1510. The fourth-order valence-electron chi connectivity index (χ4n) is 3.35. The van der Waals surface area contributed by atoms with Gasteiger partial charge in [0, 0.05) is 11.0 Å². The second-order valence-electron chi connectivity index (χ2n) is 8.43. The fourth-order valence-corrected chi connectivity index (χ4v) is 5.52. The van der Waals surface area contributed by atoms with E-state index in [1.807, 2.05) is 25.1 Å². The van der Waals surface area contributed by atoms with E-state index in [9.17, 15) is 13.0 Å². The summed E-state index contributed by atoms with van der Waals surface area (Å²) in [5.41, 5.74) is 2.76. The Morgan fingerprint density at radius 1 is 1.06 bits per heavy atom. The molecule has 0 bridgehead atoms. The van der Waals surface area contributed by atoms with Crippen LogP contribution in [0.2, 0.25) is 0 Å². The van der Waals surface area contributed by atoms with Gasteiger partial charge < -0.3 is 9.88 Å². The molecule has 0 saturated carbocycles. The average Bonchev–Trinajstić information content (AvgIpc) is 3.17. The minimum absolute atomic E-state index is 0.197. The lowest BCUT2D eigenvalue weighted by molar-refractivity contribution is 0.586. The Hall–Kier alpha value is -3.10. The number of fused-ring (bicyclic) bond motifs is 1. The van der Waals surface area contributed by atoms with Crippen LogP contribution < -0.4 is 10.6 Å². The van der Waals surface area contributed by atoms with Gasteiger partial charge in [0.05, 0.1) is 15.8 Å². The van der Waals surface area contributed by atoms with E-state index >= 15 is 0 Å². The highest BCUT2D eigenvalue weighted by atomic mass is 32.2. The molecule has 0 saturated heterocycles. The van der Waals surface area contributed by atoms with Crippen LogP contribution in [0.15, 0.2) is 53.7 Å². The van der Waals surface area contributed by atoms with Crippen molar-refractivity contribution in [3.05, 3.63) is 54.4 Å². The SMILES string of the molecule is Cc1cc(P(C)(C)=O)ccc1Nc1nnc2ncn(-c3ccccc3S(=O)(=O)C(C)C)c2n1. The number of hydrogen-bond acceptors (Lipinski definition) is 8. The Kier molecular flexibility index (Phi) is 5.84. The zero-order chi connectivity index (χ0) is 24.0. The van der Waals surface area contributed by atoms with E-state index in [0.29, 0.717) is 17.0 Å². The van der Waals surface area contributed by atoms with Crippen molar-refractivity contribution in [3.63, 3.8) is 0 Å². The first-order valence-electron chi connectivity index (χ1n) is 10.3. The van der Waals surface area contributed by atoms with E-state index in [2.05, 4.69) is 25.5 Å². The lowest BCUT2D eigenvalue weighted by Crippen LogP contribution is -2.16. The smallest absolute Gasteiger partial charge is 0.249 e. The molecule has 0 atom stereocenters. The summed E-state index contributed by atoms with van der Waals surface area (Å²) in [5, 5.41) is 11.6. The molecule has 0 aliphatic heterocycles. The summed E-state index contributed by atoms with van der Waals surface area (Å²) in [6.07, 6.45) is 1.49. The molecule has 0 unspecified atom stereocenters. The van der Waals surface area contributed by atoms with Crippen molar-refractivity contribution in [2.45, 2.75) is 30.9 Å². The monoisotopic (exact) mass is 484 g/mol. The minimum atomic E-state index is -3.53. The second-order valence-corrected chi connectivity index (χ2v) is 14.1. The fraction of sp³-hybridized carbons (Fsp3) is 0.273. The molecule has 0 amide bonds. The van der Waals surface area contributed by atoms with Crippen molar-refractivity contribution in [2.75, 3.05) is 18.6 Å². The van der Waals surface area contributed by atoms with E-state index < -0.39 is 22.2 Å². The summed E-state index contributed by atoms with van der Waals surface area (Å²) < 4.78 is 39.8. The molecule has 2 aromatic heterocycles. The van der Waals surface area contributed by atoms with E-state index in [1.54, 1.807) is 56.0 Å². The number of rotatable bonds is 6. The van der Waals surface area contributed by atoms with Crippen molar-refractivity contribution in [1.29, 1.82) is 0 Å². The normalized spacial score (nSPS) is 12.4. The molecule has 0 fully saturated rings. The Morgan fingerprint density at radius 2 is 1.79 bits per heavy atom. The molecular weight excluding hydrogens is 459 g/mol. The van der Waals surface area contributed by atoms with Gasteiger partial charge in [-0.3, -0.25) is 4.57 Å². The Morgan fingerprint density at radius 3 is 2.45 bits per heavy atom. The minimum Gasteiger partial charge on any atom is -0.323 e. The molecule has 4 rings (SSSR count). The quantitative estimate of drug-likeness (QED) is 0.412. The average molecular weight is 485 g/mol. The standard InChI is InChI=1S/C22H25N6O3PS/c1-14(2)33(30,31)19-9-7-6-8-18(19)28-13-23-20-21(28)25-22(27-26-20)24-17-11-10-16(12-15(17)3)32(4,5)29/h6-14H,1-5H3,(H,24,25,27). The number of sulfone groups is 1. The third kappa shape index (κ3) is 4.41.